The van der Waals surface area contributed by atoms with E-state index in [9.17, 15) is 5.11 Å². The van der Waals surface area contributed by atoms with Gasteiger partial charge in [0, 0.05) is 19.6 Å². The van der Waals surface area contributed by atoms with Crippen molar-refractivity contribution in [1.82, 2.24) is 15.1 Å². The number of likely N-dealkylation sites (tertiary alicyclic amines) is 1. The normalized spacial score (nSPS) is 16.1. The van der Waals surface area contributed by atoms with Crippen molar-refractivity contribution in [2.24, 2.45) is 0 Å². The number of aliphatic hydroxyl groups excluding tert-OH is 1. The maximum absolute atomic E-state index is 10.3. The summed E-state index contributed by atoms with van der Waals surface area (Å²) in [5, 5.41) is 13.0. The van der Waals surface area contributed by atoms with Crippen LogP contribution in [0.3, 0.4) is 0 Å². The minimum Gasteiger partial charge on any atom is -0.494 e. The summed E-state index contributed by atoms with van der Waals surface area (Å²) in [4.78, 5) is 4.27. The summed E-state index contributed by atoms with van der Waals surface area (Å²) in [5.41, 5.74) is 0.951. The first-order chi connectivity index (χ1) is 11.1. The quantitative estimate of drug-likeness (QED) is 0.751. The fraction of sp³-hybridized carbons (Fsp3) is 0.667. The van der Waals surface area contributed by atoms with Crippen molar-refractivity contribution in [3.05, 3.63) is 29.8 Å². The molecule has 1 fully saturated rings. The van der Waals surface area contributed by atoms with Crippen molar-refractivity contribution in [3.8, 4) is 5.75 Å². The van der Waals surface area contributed by atoms with E-state index in [1.165, 1.54) is 12.8 Å². The smallest absolute Gasteiger partial charge is 0.133 e. The Hall–Kier alpha value is -1.14. The van der Waals surface area contributed by atoms with E-state index in [0.29, 0.717) is 0 Å². The molecule has 5 heteroatoms. The molecule has 132 valence electrons. The molecule has 1 unspecified atom stereocenters. The molecule has 1 aliphatic rings. The largest absolute Gasteiger partial charge is 0.494 e. The molecule has 1 heterocycles. The minimum absolute atomic E-state index is 0.472. The molecule has 0 amide bonds. The van der Waals surface area contributed by atoms with E-state index in [2.05, 4.69) is 29.2 Å². The lowest BCUT2D eigenvalue weighted by atomic mass is 10.2. The Morgan fingerprint density at radius 2 is 1.74 bits per heavy atom. The number of nitrogens with one attached hydrogen (secondary N) is 1. The van der Waals surface area contributed by atoms with E-state index in [0.717, 1.165) is 44.0 Å². The fourth-order valence-corrected chi connectivity index (χ4v) is 2.50. The molecule has 0 spiro atoms. The number of ether oxygens (including phenoxy) is 1. The third-order valence-electron chi connectivity index (χ3n) is 3.68. The topological polar surface area (TPSA) is 48.0 Å². The Morgan fingerprint density at radius 1 is 1.17 bits per heavy atom. The van der Waals surface area contributed by atoms with Crippen LogP contribution in [0.1, 0.15) is 31.1 Å². The number of rotatable bonds is 7. The Kier molecular flexibility index (Phi) is 9.87. The van der Waals surface area contributed by atoms with Crippen LogP contribution in [0.2, 0.25) is 0 Å². The molecule has 0 radical (unpaired) electrons. The molecule has 0 aliphatic carbocycles. The van der Waals surface area contributed by atoms with Gasteiger partial charge in [-0.05, 0) is 65.1 Å². The van der Waals surface area contributed by atoms with Crippen LogP contribution in [-0.2, 0) is 0 Å². The minimum atomic E-state index is -0.472. The first-order valence-corrected chi connectivity index (χ1v) is 8.46. The van der Waals surface area contributed by atoms with E-state index in [-0.39, 0.29) is 0 Å². The molecule has 1 atom stereocenters. The van der Waals surface area contributed by atoms with Gasteiger partial charge >= 0.3 is 0 Å². The lowest BCUT2D eigenvalue weighted by molar-refractivity contribution is 0.0190. The molecule has 0 saturated carbocycles. The molecule has 0 aromatic heterocycles. The fourth-order valence-electron chi connectivity index (χ4n) is 2.50. The molecular formula is C18H33N3O2. The zero-order valence-corrected chi connectivity index (χ0v) is 15.1. The highest BCUT2D eigenvalue weighted by Gasteiger charge is 2.20. The lowest BCUT2D eigenvalue weighted by Gasteiger charge is -2.22. The van der Waals surface area contributed by atoms with Gasteiger partial charge in [0.1, 0.15) is 12.0 Å². The zero-order chi connectivity index (χ0) is 17.1. The second-order valence-electron chi connectivity index (χ2n) is 6.19. The SMILES string of the molecule is CN(C)CCCOc1ccc(C(O)N2CCCC2)cc1.CNC. The van der Waals surface area contributed by atoms with Crippen LogP contribution in [0.15, 0.2) is 24.3 Å². The van der Waals surface area contributed by atoms with Crippen LogP contribution < -0.4 is 10.1 Å². The van der Waals surface area contributed by atoms with Gasteiger partial charge in [-0.15, -0.1) is 0 Å². The summed E-state index contributed by atoms with van der Waals surface area (Å²) in [7, 11) is 7.88. The highest BCUT2D eigenvalue weighted by molar-refractivity contribution is 5.28. The summed E-state index contributed by atoms with van der Waals surface area (Å²) in [6, 6.07) is 7.82. The third kappa shape index (κ3) is 7.79. The van der Waals surface area contributed by atoms with Gasteiger partial charge in [0.15, 0.2) is 0 Å². The third-order valence-corrected chi connectivity index (χ3v) is 3.68. The Bertz CT molecular complexity index is 403. The molecule has 5 nitrogen and oxygen atoms in total. The molecular weight excluding hydrogens is 290 g/mol. The molecule has 2 rings (SSSR count). The second-order valence-corrected chi connectivity index (χ2v) is 6.19. The van der Waals surface area contributed by atoms with Gasteiger partial charge in [0.05, 0.1) is 6.61 Å². The van der Waals surface area contributed by atoms with Crippen molar-refractivity contribution < 1.29 is 9.84 Å². The van der Waals surface area contributed by atoms with Gasteiger partial charge in [0.25, 0.3) is 0 Å². The number of nitrogens with zero attached hydrogens (tertiary/aromatic N) is 2. The predicted molar refractivity (Wildman–Crippen MR) is 95.9 cm³/mol. The van der Waals surface area contributed by atoms with Crippen molar-refractivity contribution in [2.45, 2.75) is 25.5 Å². The van der Waals surface area contributed by atoms with Crippen molar-refractivity contribution in [1.29, 1.82) is 0 Å². The monoisotopic (exact) mass is 323 g/mol. The molecule has 0 bridgehead atoms. The average molecular weight is 323 g/mol. The van der Waals surface area contributed by atoms with E-state index in [4.69, 9.17) is 4.74 Å². The van der Waals surface area contributed by atoms with Gasteiger partial charge in [-0.3, -0.25) is 4.90 Å². The van der Waals surface area contributed by atoms with E-state index >= 15 is 0 Å². The molecule has 23 heavy (non-hydrogen) atoms. The van der Waals surface area contributed by atoms with Crippen LogP contribution in [0.4, 0.5) is 0 Å². The van der Waals surface area contributed by atoms with Crippen molar-refractivity contribution in [3.63, 3.8) is 0 Å². The number of aliphatic hydroxyl groups is 1. The summed E-state index contributed by atoms with van der Waals surface area (Å²) in [5.74, 6) is 0.876. The Balaban J connectivity index is 0.000000816. The van der Waals surface area contributed by atoms with Crippen LogP contribution >= 0.6 is 0 Å². The van der Waals surface area contributed by atoms with Crippen molar-refractivity contribution >= 4 is 0 Å². The lowest BCUT2D eigenvalue weighted by Crippen LogP contribution is -2.25. The Labute approximate surface area is 141 Å². The predicted octanol–water partition coefficient (Wildman–Crippen LogP) is 1.94. The molecule has 1 saturated heterocycles. The summed E-state index contributed by atoms with van der Waals surface area (Å²) in [6.45, 7) is 3.74. The standard InChI is InChI=1S/C16H26N2O2.C2H7N/c1-17(2)10-5-13-20-15-8-6-14(7-9-15)16(19)18-11-3-4-12-18;1-3-2/h6-9,16,19H,3-5,10-13H2,1-2H3;3H,1-2H3. The van der Waals surface area contributed by atoms with Crippen LogP contribution in [-0.4, -0.2) is 69.3 Å². The average Bonchev–Trinajstić information content (AvgIpc) is 3.06. The summed E-state index contributed by atoms with van der Waals surface area (Å²) >= 11 is 0. The maximum Gasteiger partial charge on any atom is 0.133 e. The first kappa shape index (κ1) is 19.9. The van der Waals surface area contributed by atoms with Gasteiger partial charge in [-0.1, -0.05) is 12.1 Å². The maximum atomic E-state index is 10.3. The highest BCUT2D eigenvalue weighted by atomic mass is 16.5. The molecule has 1 aromatic rings. The summed E-state index contributed by atoms with van der Waals surface area (Å²) in [6.07, 6.45) is 2.92. The Morgan fingerprint density at radius 3 is 2.26 bits per heavy atom. The first-order valence-electron chi connectivity index (χ1n) is 8.46. The van der Waals surface area contributed by atoms with Crippen LogP contribution in [0, 0.1) is 0 Å². The summed E-state index contributed by atoms with van der Waals surface area (Å²) < 4.78 is 5.69. The van der Waals surface area contributed by atoms with E-state index in [1.807, 2.05) is 38.4 Å². The number of hydrogen-bond acceptors (Lipinski definition) is 5. The molecule has 1 aromatic carbocycles. The van der Waals surface area contributed by atoms with Crippen LogP contribution in [0.5, 0.6) is 5.75 Å². The van der Waals surface area contributed by atoms with Gasteiger partial charge in [-0.2, -0.15) is 0 Å². The van der Waals surface area contributed by atoms with Crippen molar-refractivity contribution in [2.75, 3.05) is 54.4 Å². The number of benzene rings is 1. The van der Waals surface area contributed by atoms with Gasteiger partial charge in [0.2, 0.25) is 0 Å². The van der Waals surface area contributed by atoms with Gasteiger partial charge < -0.3 is 20.1 Å². The second kappa shape index (κ2) is 11.4. The highest BCUT2D eigenvalue weighted by Crippen LogP contribution is 2.24. The van der Waals surface area contributed by atoms with Gasteiger partial charge in [-0.25, -0.2) is 0 Å². The molecule has 1 aliphatic heterocycles. The molecule has 2 N–H and O–H groups in total. The van der Waals surface area contributed by atoms with E-state index < -0.39 is 6.23 Å². The number of hydrogen-bond donors (Lipinski definition) is 2. The van der Waals surface area contributed by atoms with E-state index in [1.54, 1.807) is 0 Å². The zero-order valence-electron chi connectivity index (χ0n) is 15.1. The van der Waals surface area contributed by atoms with Crippen LogP contribution in [0.25, 0.3) is 0 Å².